The van der Waals surface area contributed by atoms with Gasteiger partial charge in [0.05, 0.1) is 13.7 Å². The third kappa shape index (κ3) is 8.11. The van der Waals surface area contributed by atoms with Crippen LogP contribution in [0.5, 0.6) is 0 Å². The zero-order valence-corrected chi connectivity index (χ0v) is 9.08. The van der Waals surface area contributed by atoms with Crippen LogP contribution in [0.4, 0.5) is 0 Å². The quantitative estimate of drug-likeness (QED) is 0.618. The molecule has 0 amide bonds. The maximum absolute atomic E-state index is 10.6. The van der Waals surface area contributed by atoms with Gasteiger partial charge < -0.3 is 0 Å². The van der Waals surface area contributed by atoms with Crippen molar-refractivity contribution in [3.8, 4) is 0 Å². The number of ketones is 1. The zero-order valence-electron chi connectivity index (χ0n) is 8.26. The maximum Gasteiger partial charge on any atom is 0.397 e. The summed E-state index contributed by atoms with van der Waals surface area (Å²) in [4.78, 5) is 12.7. The molecule has 0 saturated carbocycles. The van der Waals surface area contributed by atoms with E-state index in [0.29, 0.717) is 12.3 Å². The number of carbonyl (C=O) groups is 1. The Labute approximate surface area is 83.8 Å². The number of likely N-dealkylation sites (N-methyl/N-ethyl adjacent to an activating group) is 1. The van der Waals surface area contributed by atoms with Crippen LogP contribution < -0.4 is 0 Å². The number of hydrogen-bond acceptors (Lipinski definition) is 5. The average Bonchev–Trinajstić information content (AvgIpc) is 2.03. The number of likely N-dealkylation sites (tertiary alicyclic amines) is 1. The monoisotopic (exact) mass is 225 g/mol. The van der Waals surface area contributed by atoms with Crippen molar-refractivity contribution in [2.75, 3.05) is 27.2 Å². The summed E-state index contributed by atoms with van der Waals surface area (Å²) >= 11 is 0. The van der Waals surface area contributed by atoms with E-state index in [9.17, 15) is 13.2 Å². The van der Waals surface area contributed by atoms with Crippen LogP contribution in [0.25, 0.3) is 0 Å². The molecule has 1 fully saturated rings. The largest absolute Gasteiger partial charge is 0.397 e. The summed E-state index contributed by atoms with van der Waals surface area (Å²) in [6, 6.07) is 0. The lowest BCUT2D eigenvalue weighted by molar-refractivity contribution is -0.121. The average molecular weight is 225 g/mol. The first-order valence-corrected chi connectivity index (χ1v) is 5.45. The number of carbonyl (C=O) groups excluding carboxylic acids is 1. The van der Waals surface area contributed by atoms with Crippen molar-refractivity contribution in [2.24, 2.45) is 0 Å². The SMILES string of the molecule is CN1CCCC(=O)C1.COS(=O)(=O)O. The fourth-order valence-electron chi connectivity index (χ4n) is 1.01. The first-order chi connectivity index (χ1) is 6.35. The Bertz CT molecular complexity index is 274. The van der Waals surface area contributed by atoms with Crippen LogP contribution in [0.1, 0.15) is 12.8 Å². The molecule has 1 N–H and O–H groups in total. The van der Waals surface area contributed by atoms with Crippen molar-refractivity contribution in [3.63, 3.8) is 0 Å². The molecule has 7 heteroatoms. The van der Waals surface area contributed by atoms with E-state index in [4.69, 9.17) is 4.55 Å². The van der Waals surface area contributed by atoms with Gasteiger partial charge in [-0.05, 0) is 20.0 Å². The molecule has 6 nitrogen and oxygen atoms in total. The molecule has 0 aliphatic carbocycles. The number of piperidine rings is 1. The summed E-state index contributed by atoms with van der Waals surface area (Å²) in [5.41, 5.74) is 0. The Morgan fingerprint density at radius 1 is 1.50 bits per heavy atom. The first-order valence-electron chi connectivity index (χ1n) is 4.08. The molecule has 1 aliphatic heterocycles. The molecular weight excluding hydrogens is 210 g/mol. The number of hydrogen-bond donors (Lipinski definition) is 1. The molecule has 1 rings (SSSR count). The number of rotatable bonds is 1. The third-order valence-corrected chi connectivity index (χ3v) is 2.07. The van der Waals surface area contributed by atoms with E-state index in [1.54, 1.807) is 0 Å². The van der Waals surface area contributed by atoms with Crippen LogP contribution in [0.3, 0.4) is 0 Å². The van der Waals surface area contributed by atoms with E-state index in [-0.39, 0.29) is 0 Å². The molecule has 0 spiro atoms. The van der Waals surface area contributed by atoms with Crippen LogP contribution in [-0.4, -0.2) is 50.9 Å². The molecule has 0 unspecified atom stereocenters. The van der Waals surface area contributed by atoms with Crippen LogP contribution in [0, 0.1) is 0 Å². The molecule has 0 radical (unpaired) electrons. The van der Waals surface area contributed by atoms with E-state index in [1.165, 1.54) is 0 Å². The van der Waals surface area contributed by atoms with Crippen molar-refractivity contribution in [3.05, 3.63) is 0 Å². The summed E-state index contributed by atoms with van der Waals surface area (Å²) in [6.45, 7) is 1.76. The summed E-state index contributed by atoms with van der Waals surface area (Å²) in [7, 11) is -1.31. The lowest BCUT2D eigenvalue weighted by Gasteiger charge is -2.19. The van der Waals surface area contributed by atoms with Crippen LogP contribution in [-0.2, 0) is 19.4 Å². The van der Waals surface area contributed by atoms with E-state index in [0.717, 1.165) is 26.5 Å². The van der Waals surface area contributed by atoms with Gasteiger partial charge in [-0.25, -0.2) is 0 Å². The molecule has 0 bridgehead atoms. The van der Waals surface area contributed by atoms with Crippen molar-refractivity contribution >= 4 is 16.2 Å². The van der Waals surface area contributed by atoms with Gasteiger partial charge in [-0.15, -0.1) is 0 Å². The second kappa shape index (κ2) is 6.07. The van der Waals surface area contributed by atoms with Crippen molar-refractivity contribution in [1.29, 1.82) is 0 Å². The van der Waals surface area contributed by atoms with Gasteiger partial charge in [-0.3, -0.25) is 18.4 Å². The molecular formula is C7H15NO5S. The topological polar surface area (TPSA) is 83.9 Å². The third-order valence-electron chi connectivity index (χ3n) is 1.65. The predicted octanol–water partition coefficient (Wildman–Crippen LogP) is -0.283. The smallest absolute Gasteiger partial charge is 0.299 e. The predicted molar refractivity (Wildman–Crippen MR) is 50.3 cm³/mol. The minimum atomic E-state index is -4.16. The van der Waals surface area contributed by atoms with Gasteiger partial charge in [0.25, 0.3) is 0 Å². The van der Waals surface area contributed by atoms with Crippen LogP contribution in [0.15, 0.2) is 0 Å². The van der Waals surface area contributed by atoms with Gasteiger partial charge in [-0.1, -0.05) is 0 Å². The highest BCUT2D eigenvalue weighted by Gasteiger charge is 2.11. The summed E-state index contributed by atoms with van der Waals surface area (Å²) in [5.74, 6) is 0.388. The standard InChI is InChI=1S/C6H11NO.CH4O4S/c1-7-4-2-3-6(8)5-7;1-5-6(2,3)4/h2-5H2,1H3;1H3,(H,2,3,4). The lowest BCUT2D eigenvalue weighted by atomic mass is 10.1. The highest BCUT2D eigenvalue weighted by atomic mass is 32.3. The second-order valence-corrected chi connectivity index (χ2v) is 4.16. The first kappa shape index (κ1) is 13.5. The molecule has 1 saturated heterocycles. The van der Waals surface area contributed by atoms with Gasteiger partial charge in [0.15, 0.2) is 0 Å². The van der Waals surface area contributed by atoms with Gasteiger partial charge >= 0.3 is 10.4 Å². The van der Waals surface area contributed by atoms with Crippen LogP contribution >= 0.6 is 0 Å². The Balaban J connectivity index is 0.000000255. The van der Waals surface area contributed by atoms with Gasteiger partial charge in [-0.2, -0.15) is 8.42 Å². The Kier molecular flexibility index (Phi) is 5.86. The van der Waals surface area contributed by atoms with E-state index in [1.807, 2.05) is 7.05 Å². The maximum atomic E-state index is 10.6. The van der Waals surface area contributed by atoms with Gasteiger partial charge in [0.2, 0.25) is 0 Å². The Morgan fingerprint density at radius 3 is 2.21 bits per heavy atom. The number of nitrogens with zero attached hydrogens (tertiary/aromatic N) is 1. The lowest BCUT2D eigenvalue weighted by Crippen LogP contribution is -2.31. The molecule has 14 heavy (non-hydrogen) atoms. The fraction of sp³-hybridized carbons (Fsp3) is 0.857. The molecule has 1 heterocycles. The molecule has 0 aromatic carbocycles. The van der Waals surface area contributed by atoms with Gasteiger partial charge in [0, 0.05) is 6.42 Å². The molecule has 0 aromatic heterocycles. The minimum absolute atomic E-state index is 0.388. The Hall–Kier alpha value is -0.500. The van der Waals surface area contributed by atoms with E-state index < -0.39 is 10.4 Å². The molecule has 0 aromatic rings. The Morgan fingerprint density at radius 2 is 2.00 bits per heavy atom. The normalized spacial score (nSPS) is 18.6. The number of Topliss-reactive ketones (excluding diaryl/α,β-unsaturated/α-hetero) is 1. The summed E-state index contributed by atoms with van der Waals surface area (Å²) < 4.78 is 29.7. The summed E-state index contributed by atoms with van der Waals surface area (Å²) in [6.07, 6.45) is 1.85. The molecule has 1 aliphatic rings. The molecule has 0 atom stereocenters. The van der Waals surface area contributed by atoms with Crippen LogP contribution in [0.2, 0.25) is 0 Å². The van der Waals surface area contributed by atoms with Crippen molar-refractivity contribution in [2.45, 2.75) is 12.8 Å². The van der Waals surface area contributed by atoms with Crippen molar-refractivity contribution in [1.82, 2.24) is 4.90 Å². The summed E-state index contributed by atoms with van der Waals surface area (Å²) in [5, 5.41) is 0. The van der Waals surface area contributed by atoms with Crippen molar-refractivity contribution < 1.29 is 21.9 Å². The second-order valence-electron chi connectivity index (χ2n) is 2.97. The fourth-order valence-corrected chi connectivity index (χ4v) is 1.01. The van der Waals surface area contributed by atoms with Gasteiger partial charge in [0.1, 0.15) is 5.78 Å². The minimum Gasteiger partial charge on any atom is -0.299 e. The van der Waals surface area contributed by atoms with E-state index in [2.05, 4.69) is 9.08 Å². The molecule has 84 valence electrons. The zero-order chi connectivity index (χ0) is 11.2. The highest BCUT2D eigenvalue weighted by Crippen LogP contribution is 2.01. The van der Waals surface area contributed by atoms with E-state index >= 15 is 0 Å². The highest BCUT2D eigenvalue weighted by molar-refractivity contribution is 7.80.